The van der Waals surface area contributed by atoms with Crippen molar-refractivity contribution in [1.82, 2.24) is 14.6 Å². The van der Waals surface area contributed by atoms with Gasteiger partial charge in [-0.05, 0) is 63.3 Å². The normalized spacial score (nSPS) is 11.0. The van der Waals surface area contributed by atoms with Gasteiger partial charge in [0.2, 0.25) is 0 Å². The lowest BCUT2D eigenvalue weighted by atomic mass is 9.95. The predicted octanol–water partition coefficient (Wildman–Crippen LogP) is 4.55. The van der Waals surface area contributed by atoms with Crippen molar-refractivity contribution >= 4 is 11.5 Å². The minimum atomic E-state index is -0.130. The number of carbonyl (C=O) groups is 1. The highest BCUT2D eigenvalue weighted by Gasteiger charge is 2.17. The number of pyridine rings is 1. The van der Waals surface area contributed by atoms with E-state index >= 15 is 0 Å². The van der Waals surface area contributed by atoms with E-state index in [1.54, 1.807) is 13.3 Å². The Kier molecular flexibility index (Phi) is 6.86. The molecule has 6 nitrogen and oxygen atoms in total. The molecule has 0 fully saturated rings. The summed E-state index contributed by atoms with van der Waals surface area (Å²) in [6, 6.07) is 6.27. The number of esters is 1. The molecule has 0 saturated carbocycles. The number of nitrogens with zero attached hydrogens (tertiary/aromatic N) is 3. The van der Waals surface area contributed by atoms with E-state index < -0.39 is 0 Å². The summed E-state index contributed by atoms with van der Waals surface area (Å²) in [5.74, 6) is 0.597. The van der Waals surface area contributed by atoms with Gasteiger partial charge in [-0.2, -0.15) is 5.10 Å². The second kappa shape index (κ2) is 9.54. The van der Waals surface area contributed by atoms with Crippen molar-refractivity contribution < 1.29 is 14.3 Å². The zero-order valence-corrected chi connectivity index (χ0v) is 17.7. The summed E-state index contributed by atoms with van der Waals surface area (Å²) in [6.07, 6.45) is 7.47. The molecule has 0 spiro atoms. The van der Waals surface area contributed by atoms with Crippen molar-refractivity contribution in [1.29, 1.82) is 0 Å². The van der Waals surface area contributed by atoms with E-state index in [2.05, 4.69) is 31.0 Å². The second-order valence-electron chi connectivity index (χ2n) is 7.04. The third kappa shape index (κ3) is 4.58. The Morgan fingerprint density at radius 1 is 1.17 bits per heavy atom. The number of aryl methyl sites for hydroxylation is 2. The molecule has 0 aliphatic rings. The molecule has 0 atom stereocenters. The first kappa shape index (κ1) is 20.8. The van der Waals surface area contributed by atoms with E-state index in [1.165, 1.54) is 11.3 Å². The zero-order valence-electron chi connectivity index (χ0n) is 17.7. The van der Waals surface area contributed by atoms with Gasteiger partial charge >= 0.3 is 5.97 Å². The van der Waals surface area contributed by atoms with Crippen LogP contribution in [0.2, 0.25) is 0 Å². The van der Waals surface area contributed by atoms with E-state index in [0.29, 0.717) is 13.0 Å². The van der Waals surface area contributed by atoms with Gasteiger partial charge in [-0.1, -0.05) is 6.92 Å². The van der Waals surface area contributed by atoms with Crippen LogP contribution in [0.4, 0.5) is 0 Å². The Hall–Kier alpha value is -2.89. The van der Waals surface area contributed by atoms with E-state index in [1.807, 2.05) is 23.7 Å². The molecule has 3 aromatic heterocycles. The molecule has 6 heteroatoms. The highest BCUT2D eigenvalue weighted by atomic mass is 16.5. The van der Waals surface area contributed by atoms with Crippen LogP contribution in [0.25, 0.3) is 16.6 Å². The first-order valence-corrected chi connectivity index (χ1v) is 10.2. The lowest BCUT2D eigenvalue weighted by Crippen LogP contribution is -2.07. The molecule has 29 heavy (non-hydrogen) atoms. The summed E-state index contributed by atoms with van der Waals surface area (Å²) in [7, 11) is 1.65. The number of rotatable bonds is 9. The predicted molar refractivity (Wildman–Crippen MR) is 113 cm³/mol. The number of aromatic nitrogens is 3. The van der Waals surface area contributed by atoms with Gasteiger partial charge < -0.3 is 9.47 Å². The van der Waals surface area contributed by atoms with Gasteiger partial charge in [-0.25, -0.2) is 4.52 Å². The molecule has 0 radical (unpaired) electrons. The smallest absolute Gasteiger partial charge is 0.305 e. The lowest BCUT2D eigenvalue weighted by Gasteiger charge is -2.16. The van der Waals surface area contributed by atoms with Crippen molar-refractivity contribution in [2.45, 2.75) is 52.9 Å². The largest absolute Gasteiger partial charge is 0.495 e. The first-order valence-electron chi connectivity index (χ1n) is 10.2. The van der Waals surface area contributed by atoms with Crippen LogP contribution in [-0.4, -0.2) is 34.3 Å². The number of ether oxygens (including phenoxy) is 2. The number of hydrogen-bond acceptors (Lipinski definition) is 5. The van der Waals surface area contributed by atoms with Crippen LogP contribution in [0.5, 0.6) is 5.75 Å². The zero-order chi connectivity index (χ0) is 20.8. The molecule has 3 aromatic rings. The van der Waals surface area contributed by atoms with E-state index in [4.69, 9.17) is 14.6 Å². The second-order valence-corrected chi connectivity index (χ2v) is 7.04. The maximum Gasteiger partial charge on any atom is 0.305 e. The van der Waals surface area contributed by atoms with Crippen LogP contribution in [0.15, 0.2) is 30.6 Å². The maximum absolute atomic E-state index is 11.6. The number of hydrogen-bond donors (Lipinski definition) is 0. The van der Waals surface area contributed by atoms with Gasteiger partial charge in [-0.3, -0.25) is 9.78 Å². The summed E-state index contributed by atoms with van der Waals surface area (Å²) in [5.41, 5.74) is 6.59. The topological polar surface area (TPSA) is 65.7 Å². The Bertz CT molecular complexity index is 994. The lowest BCUT2D eigenvalue weighted by molar-refractivity contribution is -0.143. The number of carbonyl (C=O) groups excluding carboxylic acids is 1. The van der Waals surface area contributed by atoms with Crippen LogP contribution in [0.3, 0.4) is 0 Å². The molecule has 0 amide bonds. The Morgan fingerprint density at radius 3 is 2.72 bits per heavy atom. The number of fused-ring (bicyclic) bond motifs is 1. The number of unbranched alkanes of at least 4 members (excludes halogenated alkanes) is 1. The van der Waals surface area contributed by atoms with Crippen LogP contribution in [0, 0.1) is 6.92 Å². The molecule has 3 heterocycles. The fraction of sp³-hybridized carbons (Fsp3) is 0.435. The van der Waals surface area contributed by atoms with Gasteiger partial charge in [0, 0.05) is 29.4 Å². The van der Waals surface area contributed by atoms with Crippen LogP contribution < -0.4 is 4.74 Å². The molecular formula is C23H29N3O3. The first-order chi connectivity index (χ1) is 14.1. The Morgan fingerprint density at radius 2 is 2.00 bits per heavy atom. The molecule has 3 rings (SSSR count). The molecule has 0 aliphatic heterocycles. The van der Waals surface area contributed by atoms with E-state index in [-0.39, 0.29) is 5.97 Å². The van der Waals surface area contributed by atoms with Crippen molar-refractivity contribution in [3.8, 4) is 16.9 Å². The molecule has 0 saturated heterocycles. The Labute approximate surface area is 171 Å². The van der Waals surface area contributed by atoms with Crippen molar-refractivity contribution in [3.63, 3.8) is 0 Å². The van der Waals surface area contributed by atoms with Gasteiger partial charge in [0.05, 0.1) is 31.1 Å². The minimum Gasteiger partial charge on any atom is -0.495 e. The fourth-order valence-corrected chi connectivity index (χ4v) is 3.69. The summed E-state index contributed by atoms with van der Waals surface area (Å²) in [6.45, 7) is 6.45. The van der Waals surface area contributed by atoms with Crippen LogP contribution in [0.1, 0.15) is 50.1 Å². The van der Waals surface area contributed by atoms with Gasteiger partial charge in [0.1, 0.15) is 5.75 Å². The van der Waals surface area contributed by atoms with E-state index in [9.17, 15) is 4.79 Å². The summed E-state index contributed by atoms with van der Waals surface area (Å²) in [4.78, 5) is 16.0. The molecular weight excluding hydrogens is 366 g/mol. The van der Waals surface area contributed by atoms with E-state index in [0.717, 1.165) is 53.8 Å². The van der Waals surface area contributed by atoms with Crippen molar-refractivity contribution in [2.24, 2.45) is 0 Å². The molecule has 154 valence electrons. The quantitative estimate of drug-likeness (QED) is 0.393. The summed E-state index contributed by atoms with van der Waals surface area (Å²) >= 11 is 0. The molecule has 0 bridgehead atoms. The molecule has 0 unspecified atom stereocenters. The van der Waals surface area contributed by atoms with Gasteiger partial charge in [0.15, 0.2) is 0 Å². The highest BCUT2D eigenvalue weighted by molar-refractivity contribution is 5.84. The SMILES string of the molecule is CCOC(=O)CCCCc1c(C)nn2c(CC)ccc2c1-c1cncc(OC)c1. The minimum absolute atomic E-state index is 0.130. The van der Waals surface area contributed by atoms with Gasteiger partial charge in [-0.15, -0.1) is 0 Å². The third-order valence-corrected chi connectivity index (χ3v) is 5.14. The maximum atomic E-state index is 11.6. The summed E-state index contributed by atoms with van der Waals surface area (Å²) < 4.78 is 12.5. The fourth-order valence-electron chi connectivity index (χ4n) is 3.69. The van der Waals surface area contributed by atoms with Crippen molar-refractivity contribution in [3.05, 3.63) is 47.5 Å². The van der Waals surface area contributed by atoms with Crippen molar-refractivity contribution in [2.75, 3.05) is 13.7 Å². The molecule has 0 aliphatic carbocycles. The monoisotopic (exact) mass is 395 g/mol. The van der Waals surface area contributed by atoms with Crippen LogP contribution in [-0.2, 0) is 22.4 Å². The van der Waals surface area contributed by atoms with Gasteiger partial charge in [0.25, 0.3) is 0 Å². The number of methoxy groups -OCH3 is 1. The molecule has 0 aromatic carbocycles. The van der Waals surface area contributed by atoms with Crippen LogP contribution >= 0.6 is 0 Å². The molecule has 0 N–H and O–H groups in total. The highest BCUT2D eigenvalue weighted by Crippen LogP contribution is 2.33. The summed E-state index contributed by atoms with van der Waals surface area (Å²) in [5, 5.41) is 4.85. The third-order valence-electron chi connectivity index (χ3n) is 5.14. The average molecular weight is 396 g/mol. The average Bonchev–Trinajstić information content (AvgIpc) is 3.13. The Balaban J connectivity index is 1.99. The standard InChI is InChI=1S/C23H29N3O3/c1-5-18-11-12-21-23(17-13-19(28-4)15-24-14-17)20(16(3)25-26(18)21)9-7-8-10-22(27)29-6-2/h11-15H,5-10H2,1-4H3.